The van der Waals surface area contributed by atoms with Crippen LogP contribution in [0.15, 0.2) is 48.5 Å². The second-order valence-electron chi connectivity index (χ2n) is 5.97. The largest absolute Gasteiger partial charge is 0.506 e. The molecule has 138 valence electrons. The molecular formula is C18H18F3N3O2. The lowest BCUT2D eigenvalue weighted by atomic mass is 10.2. The highest BCUT2D eigenvalue weighted by Gasteiger charge is 2.30. The first-order chi connectivity index (χ1) is 12.3. The maximum atomic E-state index is 12.6. The zero-order valence-electron chi connectivity index (χ0n) is 13.8. The van der Waals surface area contributed by atoms with Crippen molar-refractivity contribution in [2.75, 3.05) is 36.4 Å². The number of hydrogen-bond donors (Lipinski definition) is 2. The number of aromatic hydroxyl groups is 1. The van der Waals surface area contributed by atoms with E-state index in [0.29, 0.717) is 31.9 Å². The first-order valence-electron chi connectivity index (χ1n) is 8.11. The van der Waals surface area contributed by atoms with Gasteiger partial charge in [0.15, 0.2) is 0 Å². The van der Waals surface area contributed by atoms with Crippen molar-refractivity contribution < 1.29 is 23.1 Å². The Kier molecular flexibility index (Phi) is 4.92. The summed E-state index contributed by atoms with van der Waals surface area (Å²) < 4.78 is 37.7. The van der Waals surface area contributed by atoms with E-state index in [0.717, 1.165) is 17.8 Å². The molecule has 1 saturated heterocycles. The molecule has 1 heterocycles. The second kappa shape index (κ2) is 7.15. The zero-order chi connectivity index (χ0) is 18.7. The van der Waals surface area contributed by atoms with Gasteiger partial charge in [-0.15, -0.1) is 0 Å². The van der Waals surface area contributed by atoms with Gasteiger partial charge in [-0.2, -0.15) is 13.2 Å². The lowest BCUT2D eigenvalue weighted by molar-refractivity contribution is -0.137. The number of nitrogens with zero attached hydrogens (tertiary/aromatic N) is 2. The Bertz CT molecular complexity index is 770. The van der Waals surface area contributed by atoms with Gasteiger partial charge in [0.25, 0.3) is 0 Å². The van der Waals surface area contributed by atoms with Gasteiger partial charge in [0.2, 0.25) is 0 Å². The first-order valence-corrected chi connectivity index (χ1v) is 8.11. The van der Waals surface area contributed by atoms with Crippen LogP contribution in [0.25, 0.3) is 0 Å². The fourth-order valence-corrected chi connectivity index (χ4v) is 2.83. The topological polar surface area (TPSA) is 55.8 Å². The molecule has 0 aromatic heterocycles. The fraction of sp³-hybridized carbons (Fsp3) is 0.278. The van der Waals surface area contributed by atoms with Crippen molar-refractivity contribution in [3.63, 3.8) is 0 Å². The summed E-state index contributed by atoms with van der Waals surface area (Å²) in [6.07, 6.45) is -4.40. The van der Waals surface area contributed by atoms with E-state index in [4.69, 9.17) is 0 Å². The number of nitrogens with one attached hydrogen (secondary N) is 1. The van der Waals surface area contributed by atoms with Crippen molar-refractivity contribution in [2.45, 2.75) is 6.18 Å². The number of piperazine rings is 1. The number of halogens is 3. The van der Waals surface area contributed by atoms with Crippen LogP contribution in [0, 0.1) is 0 Å². The van der Waals surface area contributed by atoms with Crippen LogP contribution >= 0.6 is 0 Å². The smallest absolute Gasteiger partial charge is 0.416 e. The van der Waals surface area contributed by atoms with Crippen molar-refractivity contribution in [1.82, 2.24) is 4.90 Å². The molecule has 1 fully saturated rings. The summed E-state index contributed by atoms with van der Waals surface area (Å²) in [5.41, 5.74) is 0.271. The summed E-state index contributed by atoms with van der Waals surface area (Å²) in [6, 6.07) is 11.0. The highest BCUT2D eigenvalue weighted by Crippen LogP contribution is 2.30. The summed E-state index contributed by atoms with van der Waals surface area (Å²) in [4.78, 5) is 15.9. The highest BCUT2D eigenvalue weighted by molar-refractivity contribution is 5.89. The molecule has 2 amide bonds. The summed E-state index contributed by atoms with van der Waals surface area (Å²) >= 11 is 0. The standard InChI is InChI=1S/C18H18F3N3O2/c19-18(20,21)13-5-7-14(8-6-13)22-17(26)24-11-9-23(10-12-24)15-3-1-2-4-16(15)25/h1-8,25H,9-12H2,(H,22,26). The third-order valence-corrected chi connectivity index (χ3v) is 4.25. The maximum absolute atomic E-state index is 12.6. The van der Waals surface area contributed by atoms with Crippen LogP contribution in [0.1, 0.15) is 5.56 Å². The van der Waals surface area contributed by atoms with Gasteiger partial charge in [0.05, 0.1) is 11.3 Å². The van der Waals surface area contributed by atoms with Gasteiger partial charge in [-0.05, 0) is 36.4 Å². The van der Waals surface area contributed by atoms with E-state index in [1.807, 2.05) is 17.0 Å². The Morgan fingerprint density at radius 3 is 2.15 bits per heavy atom. The summed E-state index contributed by atoms with van der Waals surface area (Å²) in [5.74, 6) is 0.190. The van der Waals surface area contributed by atoms with Crippen LogP contribution in [0.2, 0.25) is 0 Å². The zero-order valence-corrected chi connectivity index (χ0v) is 13.8. The minimum Gasteiger partial charge on any atom is -0.506 e. The third kappa shape index (κ3) is 4.01. The molecule has 2 aromatic rings. The van der Waals surface area contributed by atoms with Crippen LogP contribution in [0.3, 0.4) is 0 Å². The number of amides is 2. The molecule has 0 atom stereocenters. The van der Waals surface area contributed by atoms with E-state index in [1.54, 1.807) is 17.0 Å². The van der Waals surface area contributed by atoms with Crippen LogP contribution in [-0.2, 0) is 6.18 Å². The van der Waals surface area contributed by atoms with Gasteiger partial charge in [-0.1, -0.05) is 12.1 Å². The molecule has 2 N–H and O–H groups in total. The van der Waals surface area contributed by atoms with Gasteiger partial charge < -0.3 is 20.2 Å². The number of phenolic OH excluding ortho intramolecular Hbond substituents is 1. The van der Waals surface area contributed by atoms with E-state index in [2.05, 4.69) is 5.32 Å². The number of anilines is 2. The third-order valence-electron chi connectivity index (χ3n) is 4.25. The number of carbonyl (C=O) groups excluding carboxylic acids is 1. The van der Waals surface area contributed by atoms with Crippen LogP contribution in [0.5, 0.6) is 5.75 Å². The molecule has 1 aliphatic heterocycles. The maximum Gasteiger partial charge on any atom is 0.416 e. The number of carbonyl (C=O) groups is 1. The van der Waals surface area contributed by atoms with Crippen molar-refractivity contribution >= 4 is 17.4 Å². The molecule has 8 heteroatoms. The van der Waals surface area contributed by atoms with Gasteiger partial charge in [0.1, 0.15) is 5.75 Å². The van der Waals surface area contributed by atoms with Crippen molar-refractivity contribution in [3.05, 3.63) is 54.1 Å². The Balaban J connectivity index is 1.56. The van der Waals surface area contributed by atoms with Gasteiger partial charge in [-0.25, -0.2) is 4.79 Å². The Morgan fingerprint density at radius 1 is 0.962 bits per heavy atom. The monoisotopic (exact) mass is 365 g/mol. The number of hydrogen-bond acceptors (Lipinski definition) is 3. The SMILES string of the molecule is O=C(Nc1ccc(C(F)(F)F)cc1)N1CCN(c2ccccc2O)CC1. The summed E-state index contributed by atoms with van der Waals surface area (Å²) in [6.45, 7) is 2.00. The predicted molar refractivity (Wildman–Crippen MR) is 92.4 cm³/mol. The molecule has 0 unspecified atom stereocenters. The van der Waals surface area contributed by atoms with E-state index in [9.17, 15) is 23.1 Å². The minimum absolute atomic E-state index is 0.190. The fourth-order valence-electron chi connectivity index (χ4n) is 2.83. The predicted octanol–water partition coefficient (Wildman–Crippen LogP) is 3.77. The molecule has 5 nitrogen and oxygen atoms in total. The molecule has 26 heavy (non-hydrogen) atoms. The normalized spacial score (nSPS) is 15.0. The number of benzene rings is 2. The molecule has 2 aromatic carbocycles. The number of urea groups is 1. The minimum atomic E-state index is -4.40. The lowest BCUT2D eigenvalue weighted by Crippen LogP contribution is -2.50. The van der Waals surface area contributed by atoms with E-state index in [-0.39, 0.29) is 11.8 Å². The molecule has 0 aliphatic carbocycles. The van der Waals surface area contributed by atoms with E-state index < -0.39 is 11.7 Å². The quantitative estimate of drug-likeness (QED) is 0.852. The number of alkyl halides is 3. The molecular weight excluding hydrogens is 347 g/mol. The first kappa shape index (κ1) is 17.9. The molecule has 0 bridgehead atoms. The molecule has 0 radical (unpaired) electrons. The second-order valence-corrected chi connectivity index (χ2v) is 5.97. The Morgan fingerprint density at radius 2 is 1.58 bits per heavy atom. The van der Waals surface area contributed by atoms with E-state index in [1.165, 1.54) is 12.1 Å². The van der Waals surface area contributed by atoms with Crippen molar-refractivity contribution in [1.29, 1.82) is 0 Å². The molecule has 0 spiro atoms. The van der Waals surface area contributed by atoms with E-state index >= 15 is 0 Å². The average Bonchev–Trinajstić information content (AvgIpc) is 2.62. The molecule has 1 aliphatic rings. The average molecular weight is 365 g/mol. The summed E-state index contributed by atoms with van der Waals surface area (Å²) in [5, 5.41) is 12.5. The van der Waals surface area contributed by atoms with Gasteiger partial charge in [0, 0.05) is 31.9 Å². The van der Waals surface area contributed by atoms with Crippen molar-refractivity contribution in [2.24, 2.45) is 0 Å². The van der Waals surface area contributed by atoms with Gasteiger partial charge >= 0.3 is 12.2 Å². The van der Waals surface area contributed by atoms with Crippen LogP contribution in [0.4, 0.5) is 29.3 Å². The highest BCUT2D eigenvalue weighted by atomic mass is 19.4. The molecule has 0 saturated carbocycles. The van der Waals surface area contributed by atoms with Gasteiger partial charge in [-0.3, -0.25) is 0 Å². The van der Waals surface area contributed by atoms with Crippen molar-refractivity contribution in [3.8, 4) is 5.75 Å². The Hall–Kier alpha value is -2.90. The van der Waals surface area contributed by atoms with Crippen LogP contribution < -0.4 is 10.2 Å². The summed E-state index contributed by atoms with van der Waals surface area (Å²) in [7, 11) is 0. The lowest BCUT2D eigenvalue weighted by Gasteiger charge is -2.36. The Labute approximate surface area is 148 Å². The van der Waals surface area contributed by atoms with Crippen LogP contribution in [-0.4, -0.2) is 42.2 Å². The number of phenols is 1. The number of rotatable bonds is 2. The molecule has 3 rings (SSSR count). The number of para-hydroxylation sites is 2.